The predicted octanol–water partition coefficient (Wildman–Crippen LogP) is 1.72. The molecule has 4 heteroatoms. The minimum atomic E-state index is -0.0226. The number of nitrogens with two attached hydrogens (primary N) is 1. The molecule has 2 N–H and O–H groups in total. The quantitative estimate of drug-likeness (QED) is 0.899. The number of likely N-dealkylation sites (N-methyl/N-ethyl adjacent to an activating group) is 1. The van der Waals surface area contributed by atoms with Crippen molar-refractivity contribution in [2.24, 2.45) is 5.73 Å². The first-order valence-corrected chi connectivity index (χ1v) is 6.85. The van der Waals surface area contributed by atoms with Crippen LogP contribution in [0.2, 0.25) is 0 Å². The molecule has 1 aliphatic rings. The molecule has 0 spiro atoms. The second-order valence-corrected chi connectivity index (χ2v) is 5.40. The molecule has 19 heavy (non-hydrogen) atoms. The van der Waals surface area contributed by atoms with Gasteiger partial charge in [0.15, 0.2) is 0 Å². The molecule has 1 aliphatic heterocycles. The number of morpholine rings is 1. The first kappa shape index (κ1) is 14.3. The fourth-order valence-electron chi connectivity index (χ4n) is 2.29. The molecule has 0 aliphatic carbocycles. The summed E-state index contributed by atoms with van der Waals surface area (Å²) in [5.41, 5.74) is 8.21. The smallest absolute Gasteiger partial charge is 0.124 e. The normalized spacial score (nSPS) is 22.2. The Morgan fingerprint density at radius 1 is 1.53 bits per heavy atom. The van der Waals surface area contributed by atoms with Crippen LogP contribution in [-0.4, -0.2) is 44.4 Å². The van der Waals surface area contributed by atoms with Crippen LogP contribution in [-0.2, 0) is 4.74 Å². The highest BCUT2D eigenvalue weighted by Crippen LogP contribution is 2.25. The van der Waals surface area contributed by atoms with Crippen LogP contribution < -0.4 is 10.5 Å². The molecular weight excluding hydrogens is 240 g/mol. The summed E-state index contributed by atoms with van der Waals surface area (Å²) in [6, 6.07) is 6.13. The van der Waals surface area contributed by atoms with Crippen LogP contribution in [0.15, 0.2) is 18.2 Å². The maximum atomic E-state index is 5.98. The standard InChI is InChI=1S/C15H24N2O2/c1-11-4-5-14(12(2)16)15(8-11)19-10-13-9-17(3)6-7-18-13/h4-5,8,12-13H,6-7,9-10,16H2,1-3H3. The summed E-state index contributed by atoms with van der Waals surface area (Å²) < 4.78 is 11.6. The zero-order valence-electron chi connectivity index (χ0n) is 12.1. The number of benzene rings is 1. The first-order valence-electron chi connectivity index (χ1n) is 6.85. The van der Waals surface area contributed by atoms with Crippen LogP contribution in [0.5, 0.6) is 5.75 Å². The lowest BCUT2D eigenvalue weighted by molar-refractivity contribution is -0.0405. The van der Waals surface area contributed by atoms with Crippen molar-refractivity contribution in [3.05, 3.63) is 29.3 Å². The van der Waals surface area contributed by atoms with Gasteiger partial charge >= 0.3 is 0 Å². The van der Waals surface area contributed by atoms with Crippen molar-refractivity contribution in [3.63, 3.8) is 0 Å². The molecule has 1 fully saturated rings. The Bertz CT molecular complexity index is 421. The highest BCUT2D eigenvalue weighted by Gasteiger charge is 2.19. The fourth-order valence-corrected chi connectivity index (χ4v) is 2.29. The molecule has 0 amide bonds. The average Bonchev–Trinajstić information content (AvgIpc) is 2.36. The van der Waals surface area contributed by atoms with Crippen LogP contribution in [0, 0.1) is 6.92 Å². The molecule has 2 atom stereocenters. The Labute approximate surface area is 115 Å². The molecule has 0 bridgehead atoms. The van der Waals surface area contributed by atoms with Crippen molar-refractivity contribution in [1.82, 2.24) is 4.90 Å². The molecule has 1 aromatic rings. The van der Waals surface area contributed by atoms with Crippen LogP contribution in [0.25, 0.3) is 0 Å². The van der Waals surface area contributed by atoms with E-state index in [1.54, 1.807) is 0 Å². The Morgan fingerprint density at radius 2 is 2.32 bits per heavy atom. The largest absolute Gasteiger partial charge is 0.490 e. The Balaban J connectivity index is 2.00. The summed E-state index contributed by atoms with van der Waals surface area (Å²) in [6.07, 6.45) is 0.139. The van der Waals surface area contributed by atoms with Gasteiger partial charge in [-0.15, -0.1) is 0 Å². The van der Waals surface area contributed by atoms with Crippen molar-refractivity contribution in [2.75, 3.05) is 33.4 Å². The molecule has 106 valence electrons. The zero-order valence-corrected chi connectivity index (χ0v) is 12.1. The molecule has 0 saturated carbocycles. The SMILES string of the molecule is Cc1ccc(C(C)N)c(OCC2CN(C)CCO2)c1. The third-order valence-electron chi connectivity index (χ3n) is 3.43. The van der Waals surface area contributed by atoms with Crippen molar-refractivity contribution in [3.8, 4) is 5.75 Å². The van der Waals surface area contributed by atoms with E-state index in [2.05, 4.69) is 24.9 Å². The van der Waals surface area contributed by atoms with E-state index in [0.717, 1.165) is 31.0 Å². The van der Waals surface area contributed by atoms with Crippen LogP contribution in [0.1, 0.15) is 24.1 Å². The van der Waals surface area contributed by atoms with Gasteiger partial charge in [0.1, 0.15) is 18.5 Å². The van der Waals surface area contributed by atoms with E-state index in [-0.39, 0.29) is 12.1 Å². The summed E-state index contributed by atoms with van der Waals surface area (Å²) >= 11 is 0. The lowest BCUT2D eigenvalue weighted by Gasteiger charge is -2.30. The van der Waals surface area contributed by atoms with Crippen molar-refractivity contribution < 1.29 is 9.47 Å². The number of nitrogens with zero attached hydrogens (tertiary/aromatic N) is 1. The third kappa shape index (κ3) is 3.93. The molecule has 2 unspecified atom stereocenters. The van der Waals surface area contributed by atoms with Crippen LogP contribution >= 0.6 is 0 Å². The third-order valence-corrected chi connectivity index (χ3v) is 3.43. The highest BCUT2D eigenvalue weighted by molar-refractivity contribution is 5.38. The number of aryl methyl sites for hydroxylation is 1. The average molecular weight is 264 g/mol. The first-order chi connectivity index (χ1) is 9.06. The monoisotopic (exact) mass is 264 g/mol. The summed E-state index contributed by atoms with van der Waals surface area (Å²) in [5, 5.41) is 0. The van der Waals surface area contributed by atoms with Crippen LogP contribution in [0.4, 0.5) is 0 Å². The summed E-state index contributed by atoms with van der Waals surface area (Å²) in [6.45, 7) is 7.29. The van der Waals surface area contributed by atoms with Gasteiger partial charge < -0.3 is 20.1 Å². The molecule has 4 nitrogen and oxygen atoms in total. The van der Waals surface area contributed by atoms with Crippen LogP contribution in [0.3, 0.4) is 0 Å². The molecule has 1 aromatic carbocycles. The minimum absolute atomic E-state index is 0.0226. The Hall–Kier alpha value is -1.10. The van der Waals surface area contributed by atoms with Gasteiger partial charge in [-0.2, -0.15) is 0 Å². The fraction of sp³-hybridized carbons (Fsp3) is 0.600. The van der Waals surface area contributed by atoms with E-state index < -0.39 is 0 Å². The summed E-state index contributed by atoms with van der Waals surface area (Å²) in [5.74, 6) is 0.881. The van der Waals surface area contributed by atoms with Gasteiger partial charge in [-0.3, -0.25) is 0 Å². The zero-order chi connectivity index (χ0) is 13.8. The summed E-state index contributed by atoms with van der Waals surface area (Å²) in [7, 11) is 2.11. The number of hydrogen-bond acceptors (Lipinski definition) is 4. The van der Waals surface area contributed by atoms with Gasteiger partial charge in [0.25, 0.3) is 0 Å². The number of hydrogen-bond donors (Lipinski definition) is 1. The van der Waals surface area contributed by atoms with Gasteiger partial charge in [0.05, 0.1) is 6.61 Å². The van der Waals surface area contributed by atoms with Crippen molar-refractivity contribution >= 4 is 0 Å². The maximum Gasteiger partial charge on any atom is 0.124 e. The lowest BCUT2D eigenvalue weighted by Crippen LogP contribution is -2.42. The minimum Gasteiger partial charge on any atom is -0.490 e. The predicted molar refractivity (Wildman–Crippen MR) is 76.5 cm³/mol. The molecule has 0 aromatic heterocycles. The molecule has 2 rings (SSSR count). The van der Waals surface area contributed by atoms with E-state index in [0.29, 0.717) is 6.61 Å². The van der Waals surface area contributed by atoms with E-state index in [1.165, 1.54) is 5.56 Å². The summed E-state index contributed by atoms with van der Waals surface area (Å²) in [4.78, 5) is 2.26. The van der Waals surface area contributed by atoms with Gasteiger partial charge in [-0.1, -0.05) is 12.1 Å². The second kappa shape index (κ2) is 6.37. The molecule has 0 radical (unpaired) electrons. The van der Waals surface area contributed by atoms with Gasteiger partial charge in [-0.25, -0.2) is 0 Å². The number of rotatable bonds is 4. The second-order valence-electron chi connectivity index (χ2n) is 5.40. The maximum absolute atomic E-state index is 5.98. The molecular formula is C15H24N2O2. The lowest BCUT2D eigenvalue weighted by atomic mass is 10.1. The van der Waals surface area contributed by atoms with Gasteiger partial charge in [0.2, 0.25) is 0 Å². The topological polar surface area (TPSA) is 47.7 Å². The van der Waals surface area contributed by atoms with E-state index >= 15 is 0 Å². The van der Waals surface area contributed by atoms with E-state index in [9.17, 15) is 0 Å². The van der Waals surface area contributed by atoms with E-state index in [4.69, 9.17) is 15.2 Å². The highest BCUT2D eigenvalue weighted by atomic mass is 16.5. The van der Waals surface area contributed by atoms with Gasteiger partial charge in [0, 0.05) is 24.7 Å². The molecule has 1 heterocycles. The van der Waals surface area contributed by atoms with Crippen molar-refractivity contribution in [1.29, 1.82) is 0 Å². The number of ether oxygens (including phenoxy) is 2. The molecule has 1 saturated heterocycles. The Morgan fingerprint density at radius 3 is 3.00 bits per heavy atom. The van der Waals surface area contributed by atoms with E-state index in [1.807, 2.05) is 19.1 Å². The Kier molecular flexibility index (Phi) is 4.80. The van der Waals surface area contributed by atoms with Gasteiger partial charge in [-0.05, 0) is 32.5 Å². The van der Waals surface area contributed by atoms with Crippen molar-refractivity contribution in [2.45, 2.75) is 26.0 Å².